The van der Waals surface area contributed by atoms with Crippen molar-refractivity contribution < 1.29 is 27.9 Å². The molecule has 0 bridgehead atoms. The molecule has 0 unspecified atom stereocenters. The Morgan fingerprint density at radius 1 is 1.36 bits per heavy atom. The number of halogens is 3. The third-order valence-electron chi connectivity index (χ3n) is 3.38. The third-order valence-corrected chi connectivity index (χ3v) is 3.38. The zero-order valence-corrected chi connectivity index (χ0v) is 11.7. The Balaban J connectivity index is 2.26. The van der Waals surface area contributed by atoms with Gasteiger partial charge >= 0.3 is 12.1 Å². The van der Waals surface area contributed by atoms with Crippen LogP contribution in [0.2, 0.25) is 0 Å². The fraction of sp³-hybridized carbons (Fsp3) is 0.538. The van der Waals surface area contributed by atoms with Crippen LogP contribution in [-0.2, 0) is 11.0 Å². The molecule has 1 fully saturated rings. The van der Waals surface area contributed by atoms with Crippen molar-refractivity contribution in [3.05, 3.63) is 23.3 Å². The molecule has 22 heavy (non-hydrogen) atoms. The number of carbonyl (C=O) groups excluding carboxylic acids is 1. The van der Waals surface area contributed by atoms with Crippen LogP contribution in [-0.4, -0.2) is 44.9 Å². The molecular formula is C13H14F3N3O3. The molecule has 1 aliphatic heterocycles. The smallest absolute Gasteiger partial charge is 0.451 e. The summed E-state index contributed by atoms with van der Waals surface area (Å²) >= 11 is 0. The lowest BCUT2D eigenvalue weighted by molar-refractivity contribution is -0.145. The SMILES string of the molecule is Cc1cc(C(=O)N2CCC[C@H](C(=O)O)C2)nc(C(F)(F)F)n1. The van der Waals surface area contributed by atoms with Gasteiger partial charge in [0.2, 0.25) is 5.82 Å². The maximum Gasteiger partial charge on any atom is 0.451 e. The first kappa shape index (κ1) is 16.2. The van der Waals surface area contributed by atoms with E-state index in [1.807, 2.05) is 0 Å². The van der Waals surface area contributed by atoms with E-state index in [2.05, 4.69) is 9.97 Å². The van der Waals surface area contributed by atoms with Gasteiger partial charge in [0.1, 0.15) is 5.69 Å². The number of amides is 1. The molecule has 1 aliphatic rings. The van der Waals surface area contributed by atoms with Crippen LogP contribution in [0, 0.1) is 12.8 Å². The molecule has 0 aromatic carbocycles. The summed E-state index contributed by atoms with van der Waals surface area (Å²) in [6.45, 7) is 1.61. The summed E-state index contributed by atoms with van der Waals surface area (Å²) in [5.74, 6) is -3.81. The Bertz CT molecular complexity index is 604. The average molecular weight is 317 g/mol. The van der Waals surface area contributed by atoms with Crippen molar-refractivity contribution >= 4 is 11.9 Å². The summed E-state index contributed by atoms with van der Waals surface area (Å²) in [6, 6.07) is 1.17. The largest absolute Gasteiger partial charge is 0.481 e. The molecular weight excluding hydrogens is 303 g/mol. The fourth-order valence-electron chi connectivity index (χ4n) is 2.33. The summed E-state index contributed by atoms with van der Waals surface area (Å²) < 4.78 is 38.1. The van der Waals surface area contributed by atoms with Gasteiger partial charge in [-0.2, -0.15) is 13.2 Å². The predicted molar refractivity (Wildman–Crippen MR) is 68.0 cm³/mol. The number of hydrogen-bond donors (Lipinski definition) is 1. The molecule has 0 aliphatic carbocycles. The molecule has 2 rings (SSSR count). The van der Waals surface area contributed by atoms with Crippen molar-refractivity contribution in [1.29, 1.82) is 0 Å². The molecule has 0 saturated carbocycles. The lowest BCUT2D eigenvalue weighted by Crippen LogP contribution is -2.42. The highest BCUT2D eigenvalue weighted by atomic mass is 19.4. The summed E-state index contributed by atoms with van der Waals surface area (Å²) in [7, 11) is 0. The molecule has 9 heteroatoms. The van der Waals surface area contributed by atoms with Gasteiger partial charge in [0.15, 0.2) is 0 Å². The molecule has 1 aromatic heterocycles. The van der Waals surface area contributed by atoms with E-state index in [9.17, 15) is 22.8 Å². The minimum atomic E-state index is -4.74. The average Bonchev–Trinajstić information content (AvgIpc) is 2.45. The third kappa shape index (κ3) is 3.52. The van der Waals surface area contributed by atoms with Gasteiger partial charge in [-0.1, -0.05) is 0 Å². The molecule has 1 saturated heterocycles. The first-order valence-corrected chi connectivity index (χ1v) is 6.63. The van der Waals surface area contributed by atoms with E-state index in [1.165, 1.54) is 17.9 Å². The number of alkyl halides is 3. The standard InChI is InChI=1S/C13H14F3N3O3/c1-7-5-9(18-12(17-7)13(14,15)16)10(20)19-4-2-3-8(6-19)11(21)22/h5,8H,2-4,6H2,1H3,(H,21,22)/t8-/m0/s1. The van der Waals surface area contributed by atoms with E-state index < -0.39 is 29.8 Å². The van der Waals surface area contributed by atoms with E-state index in [0.717, 1.165) is 0 Å². The number of carbonyl (C=O) groups is 2. The van der Waals surface area contributed by atoms with E-state index >= 15 is 0 Å². The van der Waals surface area contributed by atoms with Gasteiger partial charge in [0.25, 0.3) is 5.91 Å². The monoisotopic (exact) mass is 317 g/mol. The second-order valence-corrected chi connectivity index (χ2v) is 5.14. The summed E-state index contributed by atoms with van der Waals surface area (Å²) in [5, 5.41) is 8.99. The minimum Gasteiger partial charge on any atom is -0.481 e. The number of likely N-dealkylation sites (tertiary alicyclic amines) is 1. The van der Waals surface area contributed by atoms with Gasteiger partial charge in [0, 0.05) is 18.8 Å². The van der Waals surface area contributed by atoms with Gasteiger partial charge in [-0.3, -0.25) is 9.59 Å². The van der Waals surface area contributed by atoms with Gasteiger partial charge < -0.3 is 10.0 Å². The van der Waals surface area contributed by atoms with Crippen molar-refractivity contribution in [2.75, 3.05) is 13.1 Å². The highest BCUT2D eigenvalue weighted by molar-refractivity contribution is 5.92. The topological polar surface area (TPSA) is 83.4 Å². The van der Waals surface area contributed by atoms with Crippen molar-refractivity contribution in [1.82, 2.24) is 14.9 Å². The molecule has 120 valence electrons. The molecule has 1 atom stereocenters. The van der Waals surface area contributed by atoms with Gasteiger partial charge in [-0.15, -0.1) is 0 Å². The first-order valence-electron chi connectivity index (χ1n) is 6.63. The first-order chi connectivity index (χ1) is 10.2. The minimum absolute atomic E-state index is 0.0254. The molecule has 6 nitrogen and oxygen atoms in total. The Morgan fingerprint density at radius 2 is 2.05 bits per heavy atom. The fourth-order valence-corrected chi connectivity index (χ4v) is 2.33. The van der Waals surface area contributed by atoms with E-state index in [1.54, 1.807) is 0 Å². The molecule has 1 aromatic rings. The number of nitrogens with zero attached hydrogens (tertiary/aromatic N) is 3. The van der Waals surface area contributed by atoms with E-state index in [4.69, 9.17) is 5.11 Å². The Hall–Kier alpha value is -2.19. The number of aromatic nitrogens is 2. The predicted octanol–water partition coefficient (Wildman–Crippen LogP) is 1.74. The normalized spacial score (nSPS) is 19.1. The quantitative estimate of drug-likeness (QED) is 0.898. The van der Waals surface area contributed by atoms with Crippen molar-refractivity contribution in [2.24, 2.45) is 5.92 Å². The van der Waals surface area contributed by atoms with Crippen LogP contribution in [0.5, 0.6) is 0 Å². The van der Waals surface area contributed by atoms with Gasteiger partial charge in [-0.05, 0) is 25.8 Å². The Morgan fingerprint density at radius 3 is 2.64 bits per heavy atom. The molecule has 0 spiro atoms. The summed E-state index contributed by atoms with van der Waals surface area (Å²) in [5.41, 5.74) is -0.344. The van der Waals surface area contributed by atoms with Crippen LogP contribution in [0.4, 0.5) is 13.2 Å². The number of aryl methyl sites for hydroxylation is 1. The van der Waals surface area contributed by atoms with Crippen LogP contribution >= 0.6 is 0 Å². The van der Waals surface area contributed by atoms with Crippen molar-refractivity contribution in [2.45, 2.75) is 25.9 Å². The summed E-state index contributed by atoms with van der Waals surface area (Å²) in [6.07, 6.45) is -3.82. The van der Waals surface area contributed by atoms with Crippen LogP contribution in [0.1, 0.15) is 34.8 Å². The number of carboxylic acids is 1. The lowest BCUT2D eigenvalue weighted by Gasteiger charge is -2.30. The van der Waals surface area contributed by atoms with Gasteiger partial charge in [0.05, 0.1) is 5.92 Å². The number of aliphatic carboxylic acids is 1. The Labute approximate surface area is 124 Å². The number of rotatable bonds is 2. The van der Waals surface area contributed by atoms with Gasteiger partial charge in [-0.25, -0.2) is 9.97 Å². The molecule has 1 amide bonds. The Kier molecular flexibility index (Phi) is 4.34. The number of hydrogen-bond acceptors (Lipinski definition) is 4. The van der Waals surface area contributed by atoms with Crippen molar-refractivity contribution in [3.8, 4) is 0 Å². The van der Waals surface area contributed by atoms with Crippen LogP contribution in [0.3, 0.4) is 0 Å². The zero-order chi connectivity index (χ0) is 16.5. The second-order valence-electron chi connectivity index (χ2n) is 5.14. The van der Waals surface area contributed by atoms with E-state index in [-0.39, 0.29) is 17.9 Å². The molecule has 2 heterocycles. The lowest BCUT2D eigenvalue weighted by atomic mass is 9.98. The highest BCUT2D eigenvalue weighted by Gasteiger charge is 2.36. The van der Waals surface area contributed by atoms with Crippen molar-refractivity contribution in [3.63, 3.8) is 0 Å². The molecule has 1 N–H and O–H groups in total. The van der Waals surface area contributed by atoms with Crippen LogP contribution in [0.25, 0.3) is 0 Å². The van der Waals surface area contributed by atoms with Crippen LogP contribution in [0.15, 0.2) is 6.07 Å². The molecule has 0 radical (unpaired) electrons. The maximum atomic E-state index is 12.7. The van der Waals surface area contributed by atoms with E-state index in [0.29, 0.717) is 19.4 Å². The second kappa shape index (κ2) is 5.90. The number of piperidine rings is 1. The summed E-state index contributed by atoms with van der Waals surface area (Å²) in [4.78, 5) is 31.0. The maximum absolute atomic E-state index is 12.7. The van der Waals surface area contributed by atoms with Crippen LogP contribution < -0.4 is 0 Å². The highest BCUT2D eigenvalue weighted by Crippen LogP contribution is 2.27. The number of carboxylic acid groups (broad SMARTS) is 1. The zero-order valence-electron chi connectivity index (χ0n) is 11.7.